The molecule has 0 saturated heterocycles. The fraction of sp³-hybridized carbons (Fsp3) is 0.909. The Morgan fingerprint density at radius 1 is 1.47 bits per heavy atom. The van der Waals surface area contributed by atoms with Crippen LogP contribution < -0.4 is 0 Å². The van der Waals surface area contributed by atoms with Crippen molar-refractivity contribution in [3.63, 3.8) is 0 Å². The van der Waals surface area contributed by atoms with E-state index in [1.165, 1.54) is 14.2 Å². The molecule has 0 aromatic carbocycles. The van der Waals surface area contributed by atoms with Crippen LogP contribution in [0.1, 0.15) is 26.2 Å². The normalized spacial score (nSPS) is 32.9. The van der Waals surface area contributed by atoms with Crippen molar-refractivity contribution < 1.29 is 14.6 Å². The Hall–Kier alpha value is -0.630. The third kappa shape index (κ3) is 2.31. The van der Waals surface area contributed by atoms with E-state index in [4.69, 9.17) is 9.47 Å². The van der Waals surface area contributed by atoms with Crippen molar-refractivity contribution in [2.24, 2.45) is 11.3 Å². The summed E-state index contributed by atoms with van der Waals surface area (Å²) in [5, 5.41) is 19.3. The molecule has 0 bridgehead atoms. The summed E-state index contributed by atoms with van der Waals surface area (Å²) in [6.07, 6.45) is 0.825. The van der Waals surface area contributed by atoms with Gasteiger partial charge in [0.15, 0.2) is 6.29 Å². The Labute approximate surface area is 90.8 Å². The number of hydrogen-bond donors (Lipinski definition) is 1. The van der Waals surface area contributed by atoms with Crippen molar-refractivity contribution in [3.05, 3.63) is 0 Å². The average molecular weight is 213 g/mol. The summed E-state index contributed by atoms with van der Waals surface area (Å²) in [5.74, 6) is 0.480. The Morgan fingerprint density at radius 2 is 2.07 bits per heavy atom. The number of nitriles is 1. The third-order valence-corrected chi connectivity index (χ3v) is 3.31. The number of ether oxygens (including phenoxy) is 2. The molecule has 0 amide bonds. The Balaban J connectivity index is 2.79. The van der Waals surface area contributed by atoms with Gasteiger partial charge in [-0.15, -0.1) is 0 Å². The highest BCUT2D eigenvalue weighted by atomic mass is 16.7. The molecule has 15 heavy (non-hydrogen) atoms. The van der Waals surface area contributed by atoms with Gasteiger partial charge in [-0.3, -0.25) is 0 Å². The maximum absolute atomic E-state index is 10.1. The fourth-order valence-electron chi connectivity index (χ4n) is 2.38. The second-order valence-electron chi connectivity index (χ2n) is 4.40. The topological polar surface area (TPSA) is 62.5 Å². The monoisotopic (exact) mass is 213 g/mol. The zero-order valence-electron chi connectivity index (χ0n) is 9.56. The summed E-state index contributed by atoms with van der Waals surface area (Å²) in [6.45, 7) is 2.10. The molecule has 1 N–H and O–H groups in total. The lowest BCUT2D eigenvalue weighted by Gasteiger charge is -2.31. The summed E-state index contributed by atoms with van der Waals surface area (Å²) < 4.78 is 10.0. The number of aliphatic hydroxyl groups is 1. The van der Waals surface area contributed by atoms with Crippen molar-refractivity contribution in [3.8, 4) is 6.07 Å². The van der Waals surface area contributed by atoms with Crippen LogP contribution in [0.25, 0.3) is 0 Å². The minimum atomic E-state index is -0.873. The highest BCUT2D eigenvalue weighted by Crippen LogP contribution is 2.44. The first-order valence-electron chi connectivity index (χ1n) is 5.24. The van der Waals surface area contributed by atoms with Crippen molar-refractivity contribution in [1.29, 1.82) is 5.26 Å². The molecule has 3 atom stereocenters. The van der Waals surface area contributed by atoms with Crippen molar-refractivity contribution >= 4 is 0 Å². The number of aliphatic hydroxyl groups excluding tert-OH is 1. The van der Waals surface area contributed by atoms with E-state index in [0.29, 0.717) is 12.3 Å². The van der Waals surface area contributed by atoms with E-state index in [2.05, 4.69) is 13.0 Å². The second-order valence-corrected chi connectivity index (χ2v) is 4.40. The molecule has 1 aliphatic rings. The SMILES string of the molecule is COC(OC)C(O)C1(C#N)CCC(C)C1. The van der Waals surface area contributed by atoms with Gasteiger partial charge >= 0.3 is 0 Å². The molecule has 0 spiro atoms. The molecule has 0 aliphatic heterocycles. The zero-order chi connectivity index (χ0) is 11.5. The summed E-state index contributed by atoms with van der Waals surface area (Å²) in [4.78, 5) is 0. The minimum absolute atomic E-state index is 0.480. The van der Waals surface area contributed by atoms with Crippen molar-refractivity contribution in [2.45, 2.75) is 38.6 Å². The van der Waals surface area contributed by atoms with Gasteiger partial charge in [-0.25, -0.2) is 0 Å². The Bertz CT molecular complexity index is 247. The van der Waals surface area contributed by atoms with Gasteiger partial charge in [0.25, 0.3) is 0 Å². The standard InChI is InChI=1S/C11H19NO3/c1-8-4-5-11(6-8,7-12)9(13)10(14-2)15-3/h8-10,13H,4-6H2,1-3H3. The van der Waals surface area contributed by atoms with E-state index < -0.39 is 17.8 Å². The third-order valence-electron chi connectivity index (χ3n) is 3.31. The molecule has 4 heteroatoms. The lowest BCUT2D eigenvalue weighted by molar-refractivity contribution is -0.188. The molecule has 1 saturated carbocycles. The number of hydrogen-bond acceptors (Lipinski definition) is 4. The molecule has 3 unspecified atom stereocenters. The van der Waals surface area contributed by atoms with Crippen LogP contribution in [-0.2, 0) is 9.47 Å². The maximum atomic E-state index is 10.1. The smallest absolute Gasteiger partial charge is 0.184 e. The minimum Gasteiger partial charge on any atom is -0.386 e. The van der Waals surface area contributed by atoms with E-state index in [9.17, 15) is 10.4 Å². The predicted octanol–water partition coefficient (Wildman–Crippen LogP) is 1.30. The highest BCUT2D eigenvalue weighted by Gasteiger charge is 2.47. The van der Waals surface area contributed by atoms with Gasteiger partial charge in [-0.1, -0.05) is 6.92 Å². The summed E-state index contributed by atoms with van der Waals surface area (Å²) in [7, 11) is 2.95. The first-order chi connectivity index (χ1) is 7.09. The first kappa shape index (κ1) is 12.4. The lowest BCUT2D eigenvalue weighted by atomic mass is 9.80. The van der Waals surface area contributed by atoms with E-state index in [1.54, 1.807) is 0 Å². The zero-order valence-corrected chi connectivity index (χ0v) is 9.56. The lowest BCUT2D eigenvalue weighted by Crippen LogP contribution is -2.43. The van der Waals surface area contributed by atoms with Crippen LogP contribution in [0.15, 0.2) is 0 Å². The van der Waals surface area contributed by atoms with Crippen LogP contribution in [0.4, 0.5) is 0 Å². The Morgan fingerprint density at radius 3 is 2.40 bits per heavy atom. The van der Waals surface area contributed by atoms with Crippen LogP contribution in [0, 0.1) is 22.7 Å². The largest absolute Gasteiger partial charge is 0.386 e. The van der Waals surface area contributed by atoms with Gasteiger partial charge < -0.3 is 14.6 Å². The molecule has 0 radical (unpaired) electrons. The quantitative estimate of drug-likeness (QED) is 0.715. The number of rotatable bonds is 4. The summed E-state index contributed by atoms with van der Waals surface area (Å²) in [5.41, 5.74) is -0.698. The van der Waals surface area contributed by atoms with Crippen molar-refractivity contribution in [1.82, 2.24) is 0 Å². The molecule has 4 nitrogen and oxygen atoms in total. The van der Waals surface area contributed by atoms with E-state index in [0.717, 1.165) is 12.8 Å². The fourth-order valence-corrected chi connectivity index (χ4v) is 2.38. The van der Waals surface area contributed by atoms with Gasteiger partial charge in [0, 0.05) is 14.2 Å². The number of nitrogens with zero attached hydrogens (tertiary/aromatic N) is 1. The van der Waals surface area contributed by atoms with Crippen LogP contribution in [0.3, 0.4) is 0 Å². The Kier molecular flexibility index (Phi) is 4.09. The van der Waals surface area contributed by atoms with Crippen LogP contribution in [0.2, 0.25) is 0 Å². The molecule has 0 aromatic rings. The van der Waals surface area contributed by atoms with Crippen LogP contribution in [0.5, 0.6) is 0 Å². The van der Waals surface area contributed by atoms with Gasteiger partial charge in [0.1, 0.15) is 6.10 Å². The van der Waals surface area contributed by atoms with E-state index in [-0.39, 0.29) is 0 Å². The highest BCUT2D eigenvalue weighted by molar-refractivity contribution is 5.08. The molecule has 0 aromatic heterocycles. The number of methoxy groups -OCH3 is 2. The van der Waals surface area contributed by atoms with E-state index >= 15 is 0 Å². The van der Waals surface area contributed by atoms with Crippen LogP contribution in [-0.4, -0.2) is 31.7 Å². The molecule has 86 valence electrons. The molecule has 0 heterocycles. The summed E-state index contributed by atoms with van der Waals surface area (Å²) in [6, 6.07) is 2.25. The second kappa shape index (κ2) is 4.93. The predicted molar refractivity (Wildman–Crippen MR) is 54.9 cm³/mol. The summed E-state index contributed by atoms with van der Waals surface area (Å²) >= 11 is 0. The molecular weight excluding hydrogens is 194 g/mol. The van der Waals surface area contributed by atoms with Gasteiger partial charge in [-0.05, 0) is 25.2 Å². The maximum Gasteiger partial charge on any atom is 0.184 e. The van der Waals surface area contributed by atoms with Crippen LogP contribution >= 0.6 is 0 Å². The van der Waals surface area contributed by atoms with Crippen molar-refractivity contribution in [2.75, 3.05) is 14.2 Å². The first-order valence-corrected chi connectivity index (χ1v) is 5.24. The molecule has 1 aliphatic carbocycles. The van der Waals surface area contributed by atoms with Gasteiger partial charge in [0.2, 0.25) is 0 Å². The molecule has 1 rings (SSSR count). The molecule has 1 fully saturated rings. The van der Waals surface area contributed by atoms with Gasteiger partial charge in [-0.2, -0.15) is 5.26 Å². The van der Waals surface area contributed by atoms with Gasteiger partial charge in [0.05, 0.1) is 11.5 Å². The molecular formula is C11H19NO3. The van der Waals surface area contributed by atoms with E-state index in [1.807, 2.05) is 0 Å². The average Bonchev–Trinajstić information content (AvgIpc) is 2.63.